The molecule has 3 N–H and O–H groups in total. The minimum Gasteiger partial charge on any atom is -0.330 e. The molecule has 0 amide bonds. The first kappa shape index (κ1) is 6.05. The lowest BCUT2D eigenvalue weighted by atomic mass is 9.79. The smallest absolute Gasteiger partial charge is 0.00724 e. The molecule has 0 aromatic carbocycles. The van der Waals surface area contributed by atoms with E-state index in [2.05, 4.69) is 12.2 Å². The lowest BCUT2D eigenvalue weighted by molar-refractivity contribution is 0.172. The number of nitrogens with one attached hydrogen (secondary N) is 1. The lowest BCUT2D eigenvalue weighted by Crippen LogP contribution is -2.56. The molecule has 0 atom stereocenters. The van der Waals surface area contributed by atoms with Crippen molar-refractivity contribution in [1.82, 2.24) is 5.32 Å². The van der Waals surface area contributed by atoms with E-state index in [1.165, 1.54) is 6.42 Å². The van der Waals surface area contributed by atoms with E-state index in [4.69, 9.17) is 5.73 Å². The molecule has 0 saturated carbocycles. The molecule has 1 heterocycles. The summed E-state index contributed by atoms with van der Waals surface area (Å²) in [5, 5.41) is 3.22. The number of rotatable bonds is 2. The molecule has 1 fully saturated rings. The molecule has 1 aliphatic heterocycles. The second-order valence-corrected chi connectivity index (χ2v) is 2.66. The summed E-state index contributed by atoms with van der Waals surface area (Å²) < 4.78 is 0. The normalized spacial score (nSPS) is 24.8. The van der Waals surface area contributed by atoms with E-state index in [0.29, 0.717) is 5.41 Å². The van der Waals surface area contributed by atoms with E-state index < -0.39 is 0 Å². The van der Waals surface area contributed by atoms with Gasteiger partial charge in [0.05, 0.1) is 0 Å². The molecule has 1 aliphatic rings. The van der Waals surface area contributed by atoms with E-state index in [9.17, 15) is 0 Å². The summed E-state index contributed by atoms with van der Waals surface area (Å²) in [6.07, 6.45) is 1.22. The predicted molar refractivity (Wildman–Crippen MR) is 34.6 cm³/mol. The molecule has 48 valence electrons. The maximum absolute atomic E-state index is 5.54. The fraction of sp³-hybridized carbons (Fsp3) is 1.00. The van der Waals surface area contributed by atoms with Crippen LogP contribution in [0.3, 0.4) is 0 Å². The van der Waals surface area contributed by atoms with Gasteiger partial charge < -0.3 is 11.1 Å². The third kappa shape index (κ3) is 0.740. The van der Waals surface area contributed by atoms with Crippen molar-refractivity contribution in [3.63, 3.8) is 0 Å². The lowest BCUT2D eigenvalue weighted by Gasteiger charge is -2.40. The van der Waals surface area contributed by atoms with Gasteiger partial charge in [0.25, 0.3) is 0 Å². The molecule has 8 heavy (non-hydrogen) atoms. The molecule has 1 saturated heterocycles. The molecule has 0 radical (unpaired) electrons. The standard InChI is InChI=1S/C6H14N2/c1-2-6(3-7)4-8-5-6/h8H,2-5,7H2,1H3. The fourth-order valence-electron chi connectivity index (χ4n) is 1.02. The maximum atomic E-state index is 5.54. The van der Waals surface area contributed by atoms with Gasteiger partial charge in [0.2, 0.25) is 0 Å². The summed E-state index contributed by atoms with van der Waals surface area (Å²) in [5.41, 5.74) is 6.01. The third-order valence-corrected chi connectivity index (χ3v) is 2.18. The molecule has 0 aromatic heterocycles. The van der Waals surface area contributed by atoms with Gasteiger partial charge in [0.15, 0.2) is 0 Å². The molecule has 2 heteroatoms. The van der Waals surface area contributed by atoms with Crippen molar-refractivity contribution >= 4 is 0 Å². The Hall–Kier alpha value is -0.0800. The van der Waals surface area contributed by atoms with Crippen molar-refractivity contribution in [2.75, 3.05) is 19.6 Å². The van der Waals surface area contributed by atoms with Gasteiger partial charge in [-0.1, -0.05) is 6.92 Å². The second kappa shape index (κ2) is 2.03. The summed E-state index contributed by atoms with van der Waals surface area (Å²) in [5.74, 6) is 0. The highest BCUT2D eigenvalue weighted by atomic mass is 15.0. The van der Waals surface area contributed by atoms with Crippen LogP contribution >= 0.6 is 0 Å². The van der Waals surface area contributed by atoms with Crippen LogP contribution in [-0.4, -0.2) is 19.6 Å². The Bertz CT molecular complexity index is 63.1. The first-order valence-electron chi connectivity index (χ1n) is 3.24. The van der Waals surface area contributed by atoms with E-state index in [-0.39, 0.29) is 0 Å². The Morgan fingerprint density at radius 3 is 2.25 bits per heavy atom. The third-order valence-electron chi connectivity index (χ3n) is 2.18. The minimum atomic E-state index is 0.472. The van der Waals surface area contributed by atoms with Crippen LogP contribution in [0.5, 0.6) is 0 Å². The molecule has 0 unspecified atom stereocenters. The quantitative estimate of drug-likeness (QED) is 0.528. The van der Waals surface area contributed by atoms with Crippen LogP contribution in [0, 0.1) is 5.41 Å². The van der Waals surface area contributed by atoms with Gasteiger partial charge in [-0.2, -0.15) is 0 Å². The Balaban J connectivity index is 2.33. The predicted octanol–water partition coefficient (Wildman–Crippen LogP) is -0.0553. The number of hydrogen-bond donors (Lipinski definition) is 2. The SMILES string of the molecule is CCC1(CN)CNC1. The van der Waals surface area contributed by atoms with Crippen molar-refractivity contribution < 1.29 is 0 Å². The number of nitrogens with two attached hydrogens (primary N) is 1. The maximum Gasteiger partial charge on any atom is 0.00724 e. The summed E-state index contributed by atoms with van der Waals surface area (Å²) in [4.78, 5) is 0. The average Bonchev–Trinajstić information content (AvgIpc) is 1.67. The molecule has 2 nitrogen and oxygen atoms in total. The van der Waals surface area contributed by atoms with Crippen LogP contribution in [-0.2, 0) is 0 Å². The van der Waals surface area contributed by atoms with Crippen molar-refractivity contribution in [3.05, 3.63) is 0 Å². The summed E-state index contributed by atoms with van der Waals surface area (Å²) in [7, 11) is 0. The summed E-state index contributed by atoms with van der Waals surface area (Å²) in [6, 6.07) is 0. The van der Waals surface area contributed by atoms with Gasteiger partial charge in [0, 0.05) is 25.0 Å². The van der Waals surface area contributed by atoms with E-state index in [0.717, 1.165) is 19.6 Å². The first-order chi connectivity index (χ1) is 3.83. The zero-order valence-corrected chi connectivity index (χ0v) is 5.41. The fourth-order valence-corrected chi connectivity index (χ4v) is 1.02. The zero-order chi connectivity index (χ0) is 6.04. The van der Waals surface area contributed by atoms with Crippen LogP contribution in [0.4, 0.5) is 0 Å². The highest BCUT2D eigenvalue weighted by molar-refractivity contribution is 4.91. The largest absolute Gasteiger partial charge is 0.330 e. The van der Waals surface area contributed by atoms with E-state index >= 15 is 0 Å². The van der Waals surface area contributed by atoms with Crippen molar-refractivity contribution in [2.45, 2.75) is 13.3 Å². The molecule has 0 aromatic rings. The minimum absolute atomic E-state index is 0.472. The monoisotopic (exact) mass is 114 g/mol. The van der Waals surface area contributed by atoms with Gasteiger partial charge >= 0.3 is 0 Å². The summed E-state index contributed by atoms with van der Waals surface area (Å²) in [6.45, 7) is 5.30. The van der Waals surface area contributed by atoms with Gasteiger partial charge in [0.1, 0.15) is 0 Å². The molecule has 0 aliphatic carbocycles. The number of hydrogen-bond acceptors (Lipinski definition) is 2. The van der Waals surface area contributed by atoms with Gasteiger partial charge in [-0.3, -0.25) is 0 Å². The second-order valence-electron chi connectivity index (χ2n) is 2.66. The Morgan fingerprint density at radius 2 is 2.25 bits per heavy atom. The van der Waals surface area contributed by atoms with Gasteiger partial charge in [-0.25, -0.2) is 0 Å². The Kier molecular flexibility index (Phi) is 1.54. The molecule has 0 bridgehead atoms. The average molecular weight is 114 g/mol. The van der Waals surface area contributed by atoms with Crippen molar-refractivity contribution in [1.29, 1.82) is 0 Å². The van der Waals surface area contributed by atoms with Gasteiger partial charge in [-0.15, -0.1) is 0 Å². The van der Waals surface area contributed by atoms with Crippen molar-refractivity contribution in [2.24, 2.45) is 11.1 Å². The highest BCUT2D eigenvalue weighted by Crippen LogP contribution is 2.23. The highest BCUT2D eigenvalue weighted by Gasteiger charge is 2.32. The summed E-state index contributed by atoms with van der Waals surface area (Å²) >= 11 is 0. The van der Waals surface area contributed by atoms with Gasteiger partial charge in [-0.05, 0) is 6.42 Å². The van der Waals surface area contributed by atoms with Crippen LogP contribution < -0.4 is 11.1 Å². The first-order valence-corrected chi connectivity index (χ1v) is 3.24. The van der Waals surface area contributed by atoms with Crippen LogP contribution in [0.15, 0.2) is 0 Å². The topological polar surface area (TPSA) is 38.0 Å². The van der Waals surface area contributed by atoms with Crippen LogP contribution in [0.25, 0.3) is 0 Å². The molecular weight excluding hydrogens is 100 g/mol. The Morgan fingerprint density at radius 1 is 1.62 bits per heavy atom. The van der Waals surface area contributed by atoms with Crippen LogP contribution in [0.2, 0.25) is 0 Å². The molecular formula is C6H14N2. The zero-order valence-electron chi connectivity index (χ0n) is 5.41. The molecule has 1 rings (SSSR count). The Labute approximate surface area is 50.4 Å². The van der Waals surface area contributed by atoms with E-state index in [1.807, 2.05) is 0 Å². The van der Waals surface area contributed by atoms with Crippen molar-refractivity contribution in [3.8, 4) is 0 Å². The molecule has 0 spiro atoms. The van der Waals surface area contributed by atoms with E-state index in [1.54, 1.807) is 0 Å². The van der Waals surface area contributed by atoms with Crippen LogP contribution in [0.1, 0.15) is 13.3 Å².